The molecule has 0 aromatic heterocycles. The molecule has 0 spiro atoms. The summed E-state index contributed by atoms with van der Waals surface area (Å²) in [6, 6.07) is 2.62. The first kappa shape index (κ1) is 13.1. The molecule has 0 aromatic rings. The number of hydrogen-bond donors (Lipinski definition) is 0. The van der Waals surface area contributed by atoms with Crippen molar-refractivity contribution in [2.45, 2.75) is 70.3 Å². The fourth-order valence-corrected chi connectivity index (χ4v) is 5.92. The van der Waals surface area contributed by atoms with Gasteiger partial charge in [-0.25, -0.2) is 0 Å². The molecule has 5 aliphatic rings. The summed E-state index contributed by atoms with van der Waals surface area (Å²) in [7, 11) is 0. The smallest absolute Gasteiger partial charge is 0.0807 e. The summed E-state index contributed by atoms with van der Waals surface area (Å²) >= 11 is 0. The van der Waals surface area contributed by atoms with E-state index in [1.54, 1.807) is 0 Å². The largest absolute Gasteiger partial charge is 0.376 e. The summed E-state index contributed by atoms with van der Waals surface area (Å²) < 4.78 is 6.43. The molecular formula is C18H27NO. The Morgan fingerprint density at radius 3 is 2.05 bits per heavy atom. The van der Waals surface area contributed by atoms with Gasteiger partial charge in [0.15, 0.2) is 0 Å². The second-order valence-corrected chi connectivity index (χ2v) is 8.16. The van der Waals surface area contributed by atoms with Crippen LogP contribution < -0.4 is 0 Å². The predicted molar refractivity (Wildman–Crippen MR) is 77.9 cm³/mol. The molecule has 0 atom stereocenters. The van der Waals surface area contributed by atoms with Gasteiger partial charge in [0.2, 0.25) is 0 Å². The third-order valence-electron chi connectivity index (χ3n) is 6.74. The minimum atomic E-state index is -0.146. The highest BCUT2D eigenvalue weighted by Crippen LogP contribution is 2.55. The van der Waals surface area contributed by atoms with E-state index in [4.69, 9.17) is 4.74 Å². The van der Waals surface area contributed by atoms with Crippen LogP contribution in [0.25, 0.3) is 0 Å². The highest BCUT2D eigenvalue weighted by atomic mass is 16.5. The van der Waals surface area contributed by atoms with Gasteiger partial charge in [0.05, 0.1) is 24.2 Å². The van der Waals surface area contributed by atoms with Crippen molar-refractivity contribution in [1.29, 1.82) is 5.26 Å². The highest BCUT2D eigenvalue weighted by Gasteiger charge is 2.49. The summed E-state index contributed by atoms with van der Waals surface area (Å²) in [6.07, 6.45) is 13.5. The van der Waals surface area contributed by atoms with E-state index in [0.717, 1.165) is 43.1 Å². The van der Waals surface area contributed by atoms with Gasteiger partial charge in [0, 0.05) is 0 Å². The lowest BCUT2D eigenvalue weighted by Crippen LogP contribution is -2.50. The lowest BCUT2D eigenvalue weighted by Gasteiger charge is -2.54. The van der Waals surface area contributed by atoms with Crippen LogP contribution >= 0.6 is 0 Å². The molecule has 5 fully saturated rings. The topological polar surface area (TPSA) is 33.0 Å². The Morgan fingerprint density at radius 1 is 0.900 bits per heavy atom. The van der Waals surface area contributed by atoms with Crippen LogP contribution in [0.4, 0.5) is 0 Å². The molecule has 0 amide bonds. The maximum Gasteiger partial charge on any atom is 0.0807 e. The van der Waals surface area contributed by atoms with E-state index in [9.17, 15) is 5.26 Å². The molecule has 2 nitrogen and oxygen atoms in total. The Balaban J connectivity index is 1.41. The summed E-state index contributed by atoms with van der Waals surface area (Å²) in [5.74, 6) is 3.67. The zero-order valence-electron chi connectivity index (χ0n) is 12.5. The van der Waals surface area contributed by atoms with Gasteiger partial charge in [-0.3, -0.25) is 0 Å². The number of hydrogen-bond acceptors (Lipinski definition) is 2. The third kappa shape index (κ3) is 2.19. The summed E-state index contributed by atoms with van der Waals surface area (Å²) in [6.45, 7) is 0.719. The fourth-order valence-electron chi connectivity index (χ4n) is 5.92. The number of rotatable bonds is 3. The van der Waals surface area contributed by atoms with Crippen LogP contribution in [-0.4, -0.2) is 12.7 Å². The Hall–Kier alpha value is -0.550. The van der Waals surface area contributed by atoms with Crippen LogP contribution in [0.1, 0.15) is 64.2 Å². The monoisotopic (exact) mass is 273 g/mol. The van der Waals surface area contributed by atoms with Crippen LogP contribution in [0.15, 0.2) is 0 Å². The van der Waals surface area contributed by atoms with E-state index >= 15 is 0 Å². The SMILES string of the molecule is N#CC1(COC2C3CC4CC(C3)CC2C4)CCCCC1. The van der Waals surface area contributed by atoms with Gasteiger partial charge in [-0.2, -0.15) is 5.26 Å². The molecule has 0 saturated heterocycles. The Morgan fingerprint density at radius 2 is 1.50 bits per heavy atom. The predicted octanol–water partition coefficient (Wildman–Crippen LogP) is 4.30. The summed E-state index contributed by atoms with van der Waals surface area (Å²) in [4.78, 5) is 0. The maximum absolute atomic E-state index is 9.59. The first-order chi connectivity index (χ1) is 9.78. The zero-order chi connectivity index (χ0) is 13.6. The second-order valence-electron chi connectivity index (χ2n) is 8.16. The van der Waals surface area contributed by atoms with Crippen LogP contribution in [0.3, 0.4) is 0 Å². The van der Waals surface area contributed by atoms with E-state index in [1.165, 1.54) is 51.4 Å². The molecule has 0 unspecified atom stereocenters. The Bertz CT molecular complexity index is 376. The first-order valence-corrected chi connectivity index (χ1v) is 8.81. The van der Waals surface area contributed by atoms with Crippen LogP contribution in [0.2, 0.25) is 0 Å². The van der Waals surface area contributed by atoms with Crippen LogP contribution in [0.5, 0.6) is 0 Å². The van der Waals surface area contributed by atoms with Crippen molar-refractivity contribution in [2.24, 2.45) is 29.1 Å². The lowest BCUT2D eigenvalue weighted by atomic mass is 9.55. The van der Waals surface area contributed by atoms with Crippen molar-refractivity contribution < 1.29 is 4.74 Å². The standard InChI is InChI=1S/C18H27NO/c19-11-18(4-2-1-3-5-18)12-20-17-15-7-13-6-14(9-15)10-16(17)8-13/h13-17H,1-10,12H2. The van der Waals surface area contributed by atoms with Crippen molar-refractivity contribution in [3.63, 3.8) is 0 Å². The first-order valence-electron chi connectivity index (χ1n) is 8.81. The number of nitriles is 1. The molecule has 0 N–H and O–H groups in total. The minimum absolute atomic E-state index is 0.146. The van der Waals surface area contributed by atoms with Crippen molar-refractivity contribution in [3.05, 3.63) is 0 Å². The fraction of sp³-hybridized carbons (Fsp3) is 0.944. The molecule has 5 aliphatic carbocycles. The Kier molecular flexibility index (Phi) is 3.30. The third-order valence-corrected chi connectivity index (χ3v) is 6.74. The van der Waals surface area contributed by atoms with Gasteiger partial charge in [-0.05, 0) is 68.6 Å². The molecule has 0 heterocycles. The normalized spacial score (nSPS) is 45.2. The van der Waals surface area contributed by atoms with Crippen LogP contribution in [0, 0.1) is 40.4 Å². The second kappa shape index (κ2) is 5.02. The quantitative estimate of drug-likeness (QED) is 0.768. The Labute approximate surface area is 122 Å². The molecule has 4 bridgehead atoms. The van der Waals surface area contributed by atoms with Gasteiger partial charge < -0.3 is 4.74 Å². The van der Waals surface area contributed by atoms with E-state index in [1.807, 2.05) is 0 Å². The van der Waals surface area contributed by atoms with E-state index in [0.29, 0.717) is 6.10 Å². The van der Waals surface area contributed by atoms with E-state index in [-0.39, 0.29) is 5.41 Å². The summed E-state index contributed by atoms with van der Waals surface area (Å²) in [5.41, 5.74) is -0.146. The van der Waals surface area contributed by atoms with E-state index < -0.39 is 0 Å². The molecule has 110 valence electrons. The molecule has 0 aliphatic heterocycles. The van der Waals surface area contributed by atoms with Gasteiger partial charge in [0.25, 0.3) is 0 Å². The van der Waals surface area contributed by atoms with Gasteiger partial charge in [-0.1, -0.05) is 19.3 Å². The average molecular weight is 273 g/mol. The molecule has 20 heavy (non-hydrogen) atoms. The van der Waals surface area contributed by atoms with Crippen LogP contribution in [-0.2, 0) is 4.74 Å². The number of nitrogens with zero attached hydrogens (tertiary/aromatic N) is 1. The minimum Gasteiger partial charge on any atom is -0.376 e. The summed E-state index contributed by atoms with van der Waals surface area (Å²) in [5, 5.41) is 9.59. The van der Waals surface area contributed by atoms with Gasteiger partial charge in [0.1, 0.15) is 0 Å². The molecule has 5 saturated carbocycles. The molecule has 2 heteroatoms. The molecular weight excluding hydrogens is 246 g/mol. The molecule has 0 radical (unpaired) electrons. The van der Waals surface area contributed by atoms with Gasteiger partial charge >= 0.3 is 0 Å². The average Bonchev–Trinajstić information content (AvgIpc) is 2.47. The van der Waals surface area contributed by atoms with E-state index in [2.05, 4.69) is 6.07 Å². The highest BCUT2D eigenvalue weighted by molar-refractivity contribution is 5.03. The van der Waals surface area contributed by atoms with Crippen molar-refractivity contribution >= 4 is 0 Å². The van der Waals surface area contributed by atoms with Gasteiger partial charge in [-0.15, -0.1) is 0 Å². The molecule has 0 aromatic carbocycles. The van der Waals surface area contributed by atoms with Crippen molar-refractivity contribution in [3.8, 4) is 6.07 Å². The maximum atomic E-state index is 9.59. The number of ether oxygens (including phenoxy) is 1. The zero-order valence-corrected chi connectivity index (χ0v) is 12.5. The van der Waals surface area contributed by atoms with Crippen molar-refractivity contribution in [1.82, 2.24) is 0 Å². The lowest BCUT2D eigenvalue weighted by molar-refractivity contribution is -0.140. The molecule has 5 rings (SSSR count). The van der Waals surface area contributed by atoms with Crippen molar-refractivity contribution in [2.75, 3.05) is 6.61 Å².